The second-order valence-electron chi connectivity index (χ2n) is 6.32. The Hall–Kier alpha value is -1.42. The predicted octanol–water partition coefficient (Wildman–Crippen LogP) is 3.52. The third-order valence-electron chi connectivity index (χ3n) is 5.38. The van der Waals surface area contributed by atoms with E-state index in [2.05, 4.69) is 18.7 Å². The fraction of sp³-hybridized carbons (Fsp3) is 0.647. The first-order valence-electron chi connectivity index (χ1n) is 7.99. The molecule has 1 aromatic rings. The molecule has 0 spiro atoms. The van der Waals surface area contributed by atoms with Crippen LogP contribution in [0, 0.1) is 5.41 Å². The molecule has 1 aromatic carbocycles. The molecular formula is C17H25NO3. The third kappa shape index (κ3) is 2.82. The Labute approximate surface area is 126 Å². The molecule has 21 heavy (non-hydrogen) atoms. The minimum absolute atomic E-state index is 0.247. The summed E-state index contributed by atoms with van der Waals surface area (Å²) < 4.78 is 10.7. The highest BCUT2D eigenvalue weighted by atomic mass is 16.7. The van der Waals surface area contributed by atoms with Crippen molar-refractivity contribution in [3.8, 4) is 17.2 Å². The molecule has 1 fully saturated rings. The lowest BCUT2D eigenvalue weighted by atomic mass is 9.74. The van der Waals surface area contributed by atoms with Crippen molar-refractivity contribution in [2.45, 2.75) is 46.1 Å². The number of phenols is 1. The topological polar surface area (TPSA) is 41.9 Å². The van der Waals surface area contributed by atoms with E-state index in [0.29, 0.717) is 16.9 Å². The molecule has 0 bridgehead atoms. The van der Waals surface area contributed by atoms with E-state index in [-0.39, 0.29) is 6.79 Å². The monoisotopic (exact) mass is 291 g/mol. The maximum Gasteiger partial charge on any atom is 0.231 e. The van der Waals surface area contributed by atoms with Crippen LogP contribution in [-0.2, 0) is 6.54 Å². The fourth-order valence-corrected chi connectivity index (χ4v) is 3.48. The largest absolute Gasteiger partial charge is 0.507 e. The van der Waals surface area contributed by atoms with E-state index < -0.39 is 0 Å². The van der Waals surface area contributed by atoms with Crippen molar-refractivity contribution in [2.24, 2.45) is 5.41 Å². The highest BCUT2D eigenvalue weighted by molar-refractivity contribution is 5.51. The Bertz CT molecular complexity index is 501. The molecule has 4 heteroatoms. The lowest BCUT2D eigenvalue weighted by Crippen LogP contribution is -2.39. The zero-order valence-electron chi connectivity index (χ0n) is 13.0. The number of phenolic OH excluding ortho intramolecular Hbond substituents is 1. The van der Waals surface area contributed by atoms with Crippen molar-refractivity contribution >= 4 is 0 Å². The van der Waals surface area contributed by atoms with Crippen LogP contribution in [0.3, 0.4) is 0 Å². The number of benzene rings is 1. The normalized spacial score (nSPS) is 20.7. The van der Waals surface area contributed by atoms with Gasteiger partial charge in [-0.1, -0.05) is 26.7 Å². The summed E-state index contributed by atoms with van der Waals surface area (Å²) in [5.41, 5.74) is 1.47. The quantitative estimate of drug-likeness (QED) is 0.921. The Morgan fingerprint density at radius 3 is 2.33 bits per heavy atom. The van der Waals surface area contributed by atoms with Crippen LogP contribution in [0.5, 0.6) is 17.2 Å². The average molecular weight is 291 g/mol. The number of likely N-dealkylation sites (tertiary alicyclic amines) is 1. The van der Waals surface area contributed by atoms with Crippen molar-refractivity contribution in [1.82, 2.24) is 4.90 Å². The molecule has 2 heterocycles. The maximum absolute atomic E-state index is 10.1. The molecule has 0 unspecified atom stereocenters. The summed E-state index contributed by atoms with van der Waals surface area (Å²) in [5, 5.41) is 10.1. The van der Waals surface area contributed by atoms with Gasteiger partial charge in [0, 0.05) is 18.2 Å². The molecule has 1 saturated heterocycles. The number of rotatable bonds is 4. The fourth-order valence-electron chi connectivity index (χ4n) is 3.48. The number of fused-ring (bicyclic) bond motifs is 1. The van der Waals surface area contributed by atoms with E-state index in [4.69, 9.17) is 9.47 Å². The van der Waals surface area contributed by atoms with E-state index >= 15 is 0 Å². The zero-order chi connectivity index (χ0) is 14.9. The van der Waals surface area contributed by atoms with Crippen molar-refractivity contribution in [1.29, 1.82) is 0 Å². The van der Waals surface area contributed by atoms with Crippen molar-refractivity contribution in [3.05, 3.63) is 17.7 Å². The van der Waals surface area contributed by atoms with Gasteiger partial charge in [0.1, 0.15) is 5.75 Å². The maximum atomic E-state index is 10.1. The van der Waals surface area contributed by atoms with Gasteiger partial charge in [0.05, 0.1) is 0 Å². The molecule has 0 atom stereocenters. The standard InChI is InChI=1S/C17H25NO3/c1-3-17(4-2)5-7-18(8-6-17)11-13-9-15-16(10-14(13)19)21-12-20-15/h9-10,19H,3-8,11-12H2,1-2H3. The first-order chi connectivity index (χ1) is 10.2. The summed E-state index contributed by atoms with van der Waals surface area (Å²) in [5.74, 6) is 1.70. The van der Waals surface area contributed by atoms with Crippen LogP contribution in [0.4, 0.5) is 0 Å². The molecule has 0 saturated carbocycles. The molecule has 0 radical (unpaired) electrons. The van der Waals surface area contributed by atoms with Crippen LogP contribution < -0.4 is 9.47 Å². The molecule has 0 aromatic heterocycles. The van der Waals surface area contributed by atoms with E-state index in [1.807, 2.05) is 6.07 Å². The van der Waals surface area contributed by atoms with Gasteiger partial charge in [-0.3, -0.25) is 4.90 Å². The molecule has 116 valence electrons. The third-order valence-corrected chi connectivity index (χ3v) is 5.38. The molecule has 3 rings (SSSR count). The molecule has 0 aliphatic carbocycles. The summed E-state index contributed by atoms with van der Waals surface area (Å²) in [6.07, 6.45) is 5.05. The molecule has 0 amide bonds. The van der Waals surface area contributed by atoms with Crippen LogP contribution in [0.2, 0.25) is 0 Å². The smallest absolute Gasteiger partial charge is 0.231 e. The van der Waals surface area contributed by atoms with Gasteiger partial charge in [0.25, 0.3) is 0 Å². The number of ether oxygens (including phenoxy) is 2. The molecular weight excluding hydrogens is 266 g/mol. The van der Waals surface area contributed by atoms with Crippen molar-refractivity contribution in [3.63, 3.8) is 0 Å². The second kappa shape index (κ2) is 5.76. The Morgan fingerprint density at radius 1 is 1.10 bits per heavy atom. The lowest BCUT2D eigenvalue weighted by molar-refractivity contribution is 0.0903. The second-order valence-corrected chi connectivity index (χ2v) is 6.32. The van der Waals surface area contributed by atoms with Gasteiger partial charge in [0.15, 0.2) is 11.5 Å². The Morgan fingerprint density at radius 2 is 1.71 bits per heavy atom. The van der Waals surface area contributed by atoms with Crippen LogP contribution in [-0.4, -0.2) is 29.9 Å². The summed E-state index contributed by atoms with van der Waals surface area (Å²) >= 11 is 0. The number of hydrogen-bond donors (Lipinski definition) is 1. The zero-order valence-corrected chi connectivity index (χ0v) is 13.0. The van der Waals surface area contributed by atoms with Gasteiger partial charge in [-0.2, -0.15) is 0 Å². The van der Waals surface area contributed by atoms with Crippen LogP contribution >= 0.6 is 0 Å². The molecule has 4 nitrogen and oxygen atoms in total. The highest BCUT2D eigenvalue weighted by Crippen LogP contribution is 2.40. The summed E-state index contributed by atoms with van der Waals surface area (Å²) in [6.45, 7) is 7.86. The lowest BCUT2D eigenvalue weighted by Gasteiger charge is -2.41. The first-order valence-corrected chi connectivity index (χ1v) is 7.99. The molecule has 1 N–H and O–H groups in total. The minimum atomic E-state index is 0.247. The van der Waals surface area contributed by atoms with Crippen LogP contribution in [0.25, 0.3) is 0 Å². The van der Waals surface area contributed by atoms with Gasteiger partial charge in [-0.15, -0.1) is 0 Å². The first kappa shape index (κ1) is 14.5. The van der Waals surface area contributed by atoms with Gasteiger partial charge in [-0.05, 0) is 37.4 Å². The summed E-state index contributed by atoms with van der Waals surface area (Å²) in [7, 11) is 0. The van der Waals surface area contributed by atoms with Gasteiger partial charge < -0.3 is 14.6 Å². The number of nitrogens with zero attached hydrogens (tertiary/aromatic N) is 1. The summed E-state index contributed by atoms with van der Waals surface area (Å²) in [4.78, 5) is 2.43. The van der Waals surface area contributed by atoms with Gasteiger partial charge >= 0.3 is 0 Å². The van der Waals surface area contributed by atoms with E-state index in [0.717, 1.165) is 30.9 Å². The molecule has 2 aliphatic heterocycles. The number of aromatic hydroxyl groups is 1. The SMILES string of the molecule is CCC1(CC)CCN(Cc2cc3c(cc2O)OCO3)CC1. The molecule has 2 aliphatic rings. The van der Waals surface area contributed by atoms with Crippen molar-refractivity contribution in [2.75, 3.05) is 19.9 Å². The number of piperidine rings is 1. The van der Waals surface area contributed by atoms with E-state index in [9.17, 15) is 5.11 Å². The van der Waals surface area contributed by atoms with E-state index in [1.165, 1.54) is 25.7 Å². The minimum Gasteiger partial charge on any atom is -0.507 e. The van der Waals surface area contributed by atoms with Crippen LogP contribution in [0.15, 0.2) is 12.1 Å². The summed E-state index contributed by atoms with van der Waals surface area (Å²) in [6, 6.07) is 3.59. The van der Waals surface area contributed by atoms with Crippen molar-refractivity contribution < 1.29 is 14.6 Å². The van der Waals surface area contributed by atoms with Crippen LogP contribution in [0.1, 0.15) is 45.1 Å². The van der Waals surface area contributed by atoms with Gasteiger partial charge in [0.2, 0.25) is 6.79 Å². The Kier molecular flexibility index (Phi) is 3.98. The average Bonchev–Trinajstić information content (AvgIpc) is 2.96. The Balaban J connectivity index is 1.66. The predicted molar refractivity (Wildman–Crippen MR) is 81.8 cm³/mol. The highest BCUT2D eigenvalue weighted by Gasteiger charge is 2.31. The number of hydrogen-bond acceptors (Lipinski definition) is 4. The van der Waals surface area contributed by atoms with E-state index in [1.54, 1.807) is 6.07 Å². The van der Waals surface area contributed by atoms with Gasteiger partial charge in [-0.25, -0.2) is 0 Å².